The zero-order valence-corrected chi connectivity index (χ0v) is 20.1. The molecule has 0 spiro atoms. The molecule has 0 radical (unpaired) electrons. The second-order valence-electron chi connectivity index (χ2n) is 8.27. The van der Waals surface area contributed by atoms with Gasteiger partial charge in [0.1, 0.15) is 5.71 Å². The van der Waals surface area contributed by atoms with E-state index in [4.69, 9.17) is 0 Å². The number of sulfone groups is 1. The molecule has 1 fully saturated rings. The van der Waals surface area contributed by atoms with Gasteiger partial charge in [0.25, 0.3) is 5.91 Å². The van der Waals surface area contributed by atoms with Gasteiger partial charge in [0.05, 0.1) is 23.2 Å². The number of aromatic nitrogens is 2. The smallest absolute Gasteiger partial charge is 0.273 e. The van der Waals surface area contributed by atoms with E-state index < -0.39 is 21.8 Å². The van der Waals surface area contributed by atoms with Crippen molar-refractivity contribution in [1.82, 2.24) is 14.6 Å². The maximum absolute atomic E-state index is 12.8. The number of hydrogen-bond acceptors (Lipinski definition) is 7. The van der Waals surface area contributed by atoms with Crippen molar-refractivity contribution in [2.24, 2.45) is 5.10 Å². The highest BCUT2D eigenvalue weighted by Gasteiger charge is 2.37. The molecule has 172 valence electrons. The Labute approximate surface area is 191 Å². The number of anilines is 1. The van der Waals surface area contributed by atoms with Crippen LogP contribution in [0.3, 0.4) is 0 Å². The average molecular weight is 478 g/mol. The predicted octanol–water partition coefficient (Wildman–Crippen LogP) is 2.74. The summed E-state index contributed by atoms with van der Waals surface area (Å²) < 4.78 is 25.8. The van der Waals surface area contributed by atoms with Gasteiger partial charge in [-0.15, -0.1) is 11.3 Å². The summed E-state index contributed by atoms with van der Waals surface area (Å²) in [6, 6.07) is 1.61. The van der Waals surface area contributed by atoms with E-state index in [0.717, 1.165) is 29.9 Å². The van der Waals surface area contributed by atoms with Crippen LogP contribution in [0, 0.1) is 13.8 Å². The summed E-state index contributed by atoms with van der Waals surface area (Å²) in [5, 5.41) is 10.6. The lowest BCUT2D eigenvalue weighted by Crippen LogP contribution is -2.42. The molecule has 0 aromatic carbocycles. The molecular formula is C21H27N5O4S2. The highest BCUT2D eigenvalue weighted by Crippen LogP contribution is 2.30. The van der Waals surface area contributed by atoms with Crippen molar-refractivity contribution in [3.05, 3.63) is 22.8 Å². The fourth-order valence-electron chi connectivity index (χ4n) is 4.24. The first kappa shape index (κ1) is 22.7. The van der Waals surface area contributed by atoms with Gasteiger partial charge >= 0.3 is 0 Å². The molecule has 2 aliphatic heterocycles. The van der Waals surface area contributed by atoms with Crippen molar-refractivity contribution in [2.45, 2.75) is 59.0 Å². The van der Waals surface area contributed by atoms with Crippen molar-refractivity contribution >= 4 is 43.8 Å². The van der Waals surface area contributed by atoms with E-state index in [2.05, 4.69) is 46.8 Å². The van der Waals surface area contributed by atoms with E-state index in [1.54, 1.807) is 0 Å². The number of nitrogens with zero attached hydrogens (tertiary/aromatic N) is 4. The second-order valence-corrected chi connectivity index (χ2v) is 11.4. The van der Waals surface area contributed by atoms with Gasteiger partial charge in [-0.2, -0.15) is 5.10 Å². The summed E-state index contributed by atoms with van der Waals surface area (Å²) in [4.78, 5) is 29.6. The van der Waals surface area contributed by atoms with Crippen LogP contribution in [0.4, 0.5) is 5.13 Å². The molecule has 2 aromatic rings. The number of aryl methyl sites for hydroxylation is 1. The average Bonchev–Trinajstić information content (AvgIpc) is 3.42. The second kappa shape index (κ2) is 8.78. The van der Waals surface area contributed by atoms with Crippen LogP contribution >= 0.6 is 11.3 Å². The van der Waals surface area contributed by atoms with Gasteiger partial charge < -0.3 is 4.57 Å². The molecule has 1 saturated heterocycles. The largest absolute Gasteiger partial charge is 0.348 e. The summed E-state index contributed by atoms with van der Waals surface area (Å²) in [5.41, 5.74) is 4.38. The van der Waals surface area contributed by atoms with Crippen LogP contribution in [-0.2, 0) is 26.0 Å². The fourth-order valence-corrected chi connectivity index (χ4v) is 6.64. The van der Waals surface area contributed by atoms with Crippen LogP contribution in [-0.4, -0.2) is 58.1 Å². The summed E-state index contributed by atoms with van der Waals surface area (Å²) in [6.45, 7) is 7.23. The molecule has 9 nitrogen and oxygen atoms in total. The van der Waals surface area contributed by atoms with Gasteiger partial charge in [0.15, 0.2) is 15.0 Å². The molecule has 2 amide bonds. The molecule has 0 unspecified atom stereocenters. The normalized spacial score (nSPS) is 20.5. The molecule has 0 aliphatic carbocycles. The Balaban J connectivity index is 1.49. The Bertz CT molecular complexity index is 1190. The van der Waals surface area contributed by atoms with Crippen molar-refractivity contribution in [3.63, 3.8) is 0 Å². The minimum absolute atomic E-state index is 0.0409. The van der Waals surface area contributed by atoms with Crippen molar-refractivity contribution in [2.75, 3.05) is 16.8 Å². The zero-order chi connectivity index (χ0) is 23.0. The monoisotopic (exact) mass is 477 g/mol. The van der Waals surface area contributed by atoms with Crippen molar-refractivity contribution < 1.29 is 18.0 Å². The summed E-state index contributed by atoms with van der Waals surface area (Å²) >= 11 is 1.33. The van der Waals surface area contributed by atoms with Crippen molar-refractivity contribution in [1.29, 1.82) is 0 Å². The number of hydrogen-bond donors (Lipinski definition) is 1. The third-order valence-corrected chi connectivity index (χ3v) is 8.41. The number of amides is 2. The lowest BCUT2D eigenvalue weighted by molar-refractivity contribution is -0.133. The maximum atomic E-state index is 12.8. The number of nitrogens with one attached hydrogen (secondary N) is 1. The standard InChI is InChI=1S/C21H27N5O4S2/c1-4-8-25-13(2)10-16(14(25)3)18-11-31-21(22-18)23-20(28)17-5-6-19(27)26(24-17)15-7-9-32(29,30)12-15/h10-11,15H,4-9,12H2,1-3H3,(H,22,23,28)/t15-/m1/s1. The number of carbonyl (C=O) groups excluding carboxylic acids is 2. The molecule has 1 atom stereocenters. The number of rotatable bonds is 6. The van der Waals surface area contributed by atoms with Gasteiger partial charge in [0, 0.05) is 41.7 Å². The van der Waals surface area contributed by atoms with E-state index in [1.807, 2.05) is 5.38 Å². The number of hydrazone groups is 1. The Hall–Kier alpha value is -2.53. The Morgan fingerprint density at radius 1 is 1.31 bits per heavy atom. The quantitative estimate of drug-likeness (QED) is 0.687. The summed E-state index contributed by atoms with van der Waals surface area (Å²) in [6.07, 6.45) is 1.74. The highest BCUT2D eigenvalue weighted by molar-refractivity contribution is 7.91. The molecule has 0 bridgehead atoms. The van der Waals surface area contributed by atoms with Gasteiger partial charge in [-0.3, -0.25) is 14.9 Å². The molecule has 11 heteroatoms. The van der Waals surface area contributed by atoms with Gasteiger partial charge in [-0.1, -0.05) is 6.92 Å². The molecule has 4 rings (SSSR count). The van der Waals surface area contributed by atoms with E-state index in [-0.39, 0.29) is 36.0 Å². The van der Waals surface area contributed by atoms with Gasteiger partial charge in [0.2, 0.25) is 5.91 Å². The molecule has 32 heavy (non-hydrogen) atoms. The van der Waals surface area contributed by atoms with Crippen LogP contribution < -0.4 is 5.32 Å². The lowest BCUT2D eigenvalue weighted by atomic mass is 10.1. The minimum atomic E-state index is -3.16. The van der Waals surface area contributed by atoms with Crippen LogP contribution in [0.15, 0.2) is 16.5 Å². The first-order chi connectivity index (χ1) is 15.2. The zero-order valence-electron chi connectivity index (χ0n) is 18.4. The van der Waals surface area contributed by atoms with Crippen LogP contribution in [0.25, 0.3) is 11.3 Å². The third-order valence-electron chi connectivity index (χ3n) is 5.90. The van der Waals surface area contributed by atoms with Crippen LogP contribution in [0.2, 0.25) is 0 Å². The van der Waals surface area contributed by atoms with Gasteiger partial charge in [-0.25, -0.2) is 18.4 Å². The number of thiazole rings is 1. The van der Waals surface area contributed by atoms with Crippen LogP contribution in [0.5, 0.6) is 0 Å². The summed E-state index contributed by atoms with van der Waals surface area (Å²) in [5.74, 6) is -0.730. The fraction of sp³-hybridized carbons (Fsp3) is 0.524. The van der Waals surface area contributed by atoms with E-state index in [0.29, 0.717) is 11.6 Å². The molecule has 1 N–H and O–H groups in total. The highest BCUT2D eigenvalue weighted by atomic mass is 32.2. The Kier molecular flexibility index (Phi) is 6.22. The topological polar surface area (TPSA) is 114 Å². The Morgan fingerprint density at radius 2 is 2.09 bits per heavy atom. The van der Waals surface area contributed by atoms with Crippen LogP contribution in [0.1, 0.15) is 44.0 Å². The van der Waals surface area contributed by atoms with E-state index in [1.165, 1.54) is 22.0 Å². The predicted molar refractivity (Wildman–Crippen MR) is 125 cm³/mol. The lowest BCUT2D eigenvalue weighted by Gasteiger charge is -2.27. The van der Waals surface area contributed by atoms with E-state index >= 15 is 0 Å². The van der Waals surface area contributed by atoms with Crippen molar-refractivity contribution in [3.8, 4) is 11.3 Å². The molecule has 2 aromatic heterocycles. The maximum Gasteiger partial charge on any atom is 0.273 e. The molecule has 4 heterocycles. The SMILES string of the molecule is CCCn1c(C)cc(-c2csc(NC(=O)C3=NN([C@@H]4CCS(=O)(=O)C4)C(=O)CC3)n2)c1C. The number of carbonyl (C=O) groups is 2. The van der Waals surface area contributed by atoms with Gasteiger partial charge in [-0.05, 0) is 32.8 Å². The first-order valence-corrected chi connectivity index (χ1v) is 13.4. The third kappa shape index (κ3) is 4.49. The molecule has 0 saturated carbocycles. The Morgan fingerprint density at radius 3 is 2.78 bits per heavy atom. The van der Waals surface area contributed by atoms with E-state index in [9.17, 15) is 18.0 Å². The summed E-state index contributed by atoms with van der Waals surface area (Å²) in [7, 11) is -3.16. The molecular weight excluding hydrogens is 450 g/mol. The minimum Gasteiger partial charge on any atom is -0.348 e. The first-order valence-electron chi connectivity index (χ1n) is 10.7. The molecule has 2 aliphatic rings.